The van der Waals surface area contributed by atoms with Gasteiger partial charge in [0, 0.05) is 11.0 Å². The van der Waals surface area contributed by atoms with E-state index in [9.17, 15) is 19.8 Å². The molecular formula is C28H36O4. The predicted octanol–water partition coefficient (Wildman–Crippen LogP) is 6.31. The number of aliphatic hydroxyl groups excluding tert-OH is 1. The number of carbonyl (C=O) groups excluding carboxylic acids is 1. The van der Waals surface area contributed by atoms with E-state index in [2.05, 4.69) is 32.9 Å². The zero-order valence-corrected chi connectivity index (χ0v) is 20.0. The van der Waals surface area contributed by atoms with Crippen LogP contribution in [0.5, 0.6) is 0 Å². The highest BCUT2D eigenvalue weighted by Gasteiger charge is 2.62. The lowest BCUT2D eigenvalue weighted by Crippen LogP contribution is -2.56. The van der Waals surface area contributed by atoms with Crippen molar-refractivity contribution in [3.05, 3.63) is 46.3 Å². The molecule has 4 nitrogen and oxygen atoms in total. The number of hydrogen-bond donors (Lipinski definition) is 2. The molecule has 4 unspecified atom stereocenters. The molecule has 0 radical (unpaired) electrons. The second-order valence-corrected chi connectivity index (χ2v) is 12.3. The van der Waals surface area contributed by atoms with Crippen molar-refractivity contribution in [3.8, 4) is 0 Å². The molecule has 5 rings (SSSR count). The van der Waals surface area contributed by atoms with E-state index in [0.717, 1.165) is 56.1 Å². The van der Waals surface area contributed by atoms with Crippen LogP contribution in [-0.4, -0.2) is 22.0 Å². The summed E-state index contributed by atoms with van der Waals surface area (Å²) in [5.74, 6) is -0.210. The molecule has 0 aliphatic heterocycles. The number of hydrogen-bond acceptors (Lipinski definition) is 3. The molecule has 0 amide bonds. The first-order valence-corrected chi connectivity index (χ1v) is 12.2. The van der Waals surface area contributed by atoms with Crippen LogP contribution in [0.2, 0.25) is 0 Å². The molecule has 32 heavy (non-hydrogen) atoms. The average molecular weight is 437 g/mol. The Hall–Kier alpha value is -2.10. The molecule has 2 N–H and O–H groups in total. The highest BCUT2D eigenvalue weighted by molar-refractivity contribution is 6.06. The van der Waals surface area contributed by atoms with Crippen LogP contribution >= 0.6 is 0 Å². The van der Waals surface area contributed by atoms with E-state index in [1.54, 1.807) is 6.08 Å². The largest absolute Gasteiger partial charge is 0.504 e. The summed E-state index contributed by atoms with van der Waals surface area (Å²) < 4.78 is 0. The first kappa shape index (κ1) is 21.7. The monoisotopic (exact) mass is 436 g/mol. The van der Waals surface area contributed by atoms with Crippen molar-refractivity contribution in [2.75, 3.05) is 0 Å². The van der Waals surface area contributed by atoms with E-state index in [0.29, 0.717) is 17.4 Å². The summed E-state index contributed by atoms with van der Waals surface area (Å²) in [6.07, 6.45) is 12.8. The van der Waals surface area contributed by atoms with Gasteiger partial charge in [0.1, 0.15) is 0 Å². The molecule has 0 aromatic rings. The van der Waals surface area contributed by atoms with Gasteiger partial charge in [-0.2, -0.15) is 0 Å². The third kappa shape index (κ3) is 2.61. The van der Waals surface area contributed by atoms with Crippen LogP contribution in [0.4, 0.5) is 0 Å². The third-order valence-electron chi connectivity index (χ3n) is 10.6. The van der Waals surface area contributed by atoms with E-state index in [4.69, 9.17) is 0 Å². The molecule has 4 heteroatoms. The minimum absolute atomic E-state index is 0.00302. The maximum atomic E-state index is 12.5. The molecule has 172 valence electrons. The van der Waals surface area contributed by atoms with Crippen LogP contribution in [0.3, 0.4) is 0 Å². The molecule has 0 spiro atoms. The molecule has 0 saturated heterocycles. The minimum atomic E-state index is -0.648. The summed E-state index contributed by atoms with van der Waals surface area (Å²) in [5.41, 5.74) is 3.50. The van der Waals surface area contributed by atoms with Crippen LogP contribution in [-0.2, 0) is 9.59 Å². The molecule has 0 bridgehead atoms. The zero-order valence-electron chi connectivity index (χ0n) is 20.0. The third-order valence-corrected chi connectivity index (χ3v) is 10.6. The number of carboxylic acid groups (broad SMARTS) is 1. The minimum Gasteiger partial charge on any atom is -0.504 e. The van der Waals surface area contributed by atoms with E-state index < -0.39 is 11.4 Å². The van der Waals surface area contributed by atoms with Gasteiger partial charge in [-0.3, -0.25) is 9.59 Å². The molecule has 3 saturated carbocycles. The molecule has 5 aliphatic rings. The Kier molecular flexibility index (Phi) is 4.40. The molecule has 5 aliphatic carbocycles. The smallest absolute Gasteiger partial charge is 0.309 e. The fourth-order valence-corrected chi connectivity index (χ4v) is 8.23. The summed E-state index contributed by atoms with van der Waals surface area (Å²) >= 11 is 0. The predicted molar refractivity (Wildman–Crippen MR) is 124 cm³/mol. The van der Waals surface area contributed by atoms with Gasteiger partial charge in [-0.1, -0.05) is 38.5 Å². The Bertz CT molecular complexity index is 1060. The number of ketones is 1. The maximum Gasteiger partial charge on any atom is 0.309 e. The zero-order chi connectivity index (χ0) is 23.3. The van der Waals surface area contributed by atoms with Gasteiger partial charge in [0.2, 0.25) is 5.78 Å². The summed E-state index contributed by atoms with van der Waals surface area (Å²) in [4.78, 5) is 24.7. The Morgan fingerprint density at radius 1 is 1.00 bits per heavy atom. The quantitative estimate of drug-likeness (QED) is 0.505. The van der Waals surface area contributed by atoms with Crippen LogP contribution in [0, 0.1) is 33.5 Å². The summed E-state index contributed by atoms with van der Waals surface area (Å²) in [7, 11) is 0. The molecule has 0 aromatic carbocycles. The lowest BCUT2D eigenvalue weighted by molar-refractivity contribution is -0.161. The van der Waals surface area contributed by atoms with Crippen LogP contribution in [0.1, 0.15) is 79.6 Å². The first-order chi connectivity index (χ1) is 14.9. The van der Waals surface area contributed by atoms with E-state index in [1.807, 2.05) is 13.8 Å². The molecule has 6 atom stereocenters. The van der Waals surface area contributed by atoms with Gasteiger partial charge in [0.25, 0.3) is 0 Å². The molecule has 0 aromatic heterocycles. The maximum absolute atomic E-state index is 12.5. The second kappa shape index (κ2) is 6.48. The second-order valence-electron chi connectivity index (χ2n) is 12.3. The van der Waals surface area contributed by atoms with Gasteiger partial charge >= 0.3 is 5.97 Å². The van der Waals surface area contributed by atoms with E-state index in [1.165, 1.54) is 5.57 Å². The number of allylic oxidation sites excluding steroid dienone is 7. The summed E-state index contributed by atoms with van der Waals surface area (Å²) in [5, 5.41) is 20.2. The van der Waals surface area contributed by atoms with Gasteiger partial charge in [-0.15, -0.1) is 0 Å². The first-order valence-electron chi connectivity index (χ1n) is 12.2. The van der Waals surface area contributed by atoms with Crippen molar-refractivity contribution in [2.45, 2.75) is 79.6 Å². The standard InChI is InChI=1S/C28H36O4/c1-16-17-6-7-22-27(4,19(17)14-21(29)23(16)30)9-8-18-20-15-26(3,24(31)32)11-10-25(20,2)12-13-28(18,22)5/h6-7,14,18,20,30H,8-13,15H2,1-5H3,(H,31,32)/t18?,20?,25-,26-,27?,28?/m1/s1. The van der Waals surface area contributed by atoms with Gasteiger partial charge < -0.3 is 10.2 Å². The number of aliphatic hydroxyl groups is 1. The van der Waals surface area contributed by atoms with Gasteiger partial charge in [-0.05, 0) is 98.7 Å². The SMILES string of the molecule is CC1=C(O)C(=O)C=C2C1=CC=C1C2(C)CCC2C3C[C@](C)(C(=O)O)CC[C@]3(C)CCC12C. The molecular weight excluding hydrogens is 400 g/mol. The van der Waals surface area contributed by atoms with Crippen LogP contribution in [0.15, 0.2) is 46.3 Å². The Balaban J connectivity index is 1.60. The van der Waals surface area contributed by atoms with Crippen LogP contribution in [0.25, 0.3) is 0 Å². The Morgan fingerprint density at radius 2 is 1.69 bits per heavy atom. The number of rotatable bonds is 1. The number of fused-ring (bicyclic) bond motifs is 7. The number of carboxylic acids is 1. The van der Waals surface area contributed by atoms with E-state index >= 15 is 0 Å². The van der Waals surface area contributed by atoms with Crippen molar-refractivity contribution in [1.82, 2.24) is 0 Å². The van der Waals surface area contributed by atoms with Crippen molar-refractivity contribution >= 4 is 11.8 Å². The van der Waals surface area contributed by atoms with Gasteiger partial charge in [0.05, 0.1) is 5.41 Å². The highest BCUT2D eigenvalue weighted by atomic mass is 16.4. The Labute approximate surface area is 191 Å². The van der Waals surface area contributed by atoms with Gasteiger partial charge in [-0.25, -0.2) is 0 Å². The lowest BCUT2D eigenvalue weighted by Gasteiger charge is -2.64. The fraction of sp³-hybridized carbons (Fsp3) is 0.643. The highest BCUT2D eigenvalue weighted by Crippen LogP contribution is 2.70. The summed E-state index contributed by atoms with van der Waals surface area (Å²) in [6, 6.07) is 0. The van der Waals surface area contributed by atoms with Crippen molar-refractivity contribution < 1.29 is 19.8 Å². The molecule has 3 fully saturated rings. The number of aliphatic carboxylic acids is 1. The topological polar surface area (TPSA) is 74.6 Å². The Morgan fingerprint density at radius 3 is 2.38 bits per heavy atom. The van der Waals surface area contributed by atoms with Gasteiger partial charge in [0.15, 0.2) is 5.76 Å². The average Bonchev–Trinajstić information content (AvgIpc) is 2.73. The van der Waals surface area contributed by atoms with Crippen molar-refractivity contribution in [2.24, 2.45) is 33.5 Å². The summed E-state index contributed by atoms with van der Waals surface area (Å²) in [6.45, 7) is 10.9. The van der Waals surface area contributed by atoms with E-state index in [-0.39, 0.29) is 27.8 Å². The van der Waals surface area contributed by atoms with Crippen LogP contribution < -0.4 is 0 Å². The number of carbonyl (C=O) groups is 2. The van der Waals surface area contributed by atoms with Crippen molar-refractivity contribution in [1.29, 1.82) is 0 Å². The lowest BCUT2D eigenvalue weighted by atomic mass is 9.39. The van der Waals surface area contributed by atoms with Crippen molar-refractivity contribution in [3.63, 3.8) is 0 Å². The fourth-order valence-electron chi connectivity index (χ4n) is 8.23. The normalized spacial score (nSPS) is 45.5. The molecule has 0 heterocycles.